The number of hydrogen-bond donors (Lipinski definition) is 2. The van der Waals surface area contributed by atoms with E-state index in [9.17, 15) is 5.11 Å². The maximum Gasteiger partial charge on any atom is 0.174 e. The summed E-state index contributed by atoms with van der Waals surface area (Å²) < 4.78 is 2.19. The number of nitrogens with one attached hydrogen (secondary N) is 1. The summed E-state index contributed by atoms with van der Waals surface area (Å²) in [7, 11) is 0. The van der Waals surface area contributed by atoms with Gasteiger partial charge in [0.25, 0.3) is 0 Å². The standard InChI is InChI=1S/C26H25N5OS/c1-16-11-13-28-23(14-16)30-17(2)15-21(18(30)3)25-24(22-6-4-5-12-27-22)29-26(33)31(25)19-7-9-20(32)10-8-19/h4-15,24-25,32H,1-3H3,(H,29,33). The molecule has 5 rings (SSSR count). The van der Waals surface area contributed by atoms with Crippen LogP contribution in [0.2, 0.25) is 0 Å². The van der Waals surface area contributed by atoms with E-state index in [1.807, 2.05) is 42.6 Å². The molecule has 0 saturated carbocycles. The van der Waals surface area contributed by atoms with E-state index in [1.54, 1.807) is 18.3 Å². The van der Waals surface area contributed by atoms with Crippen molar-refractivity contribution in [3.63, 3.8) is 0 Å². The van der Waals surface area contributed by atoms with Gasteiger partial charge in [-0.25, -0.2) is 4.98 Å². The first-order valence-corrected chi connectivity index (χ1v) is 11.3. The van der Waals surface area contributed by atoms with Crippen LogP contribution in [0.25, 0.3) is 5.82 Å². The second-order valence-electron chi connectivity index (χ2n) is 8.37. The van der Waals surface area contributed by atoms with Crippen molar-refractivity contribution in [2.45, 2.75) is 32.9 Å². The van der Waals surface area contributed by atoms with Gasteiger partial charge in [-0.2, -0.15) is 0 Å². The van der Waals surface area contributed by atoms with Gasteiger partial charge in [0.1, 0.15) is 11.6 Å². The predicted molar refractivity (Wildman–Crippen MR) is 134 cm³/mol. The third-order valence-electron chi connectivity index (χ3n) is 6.15. The number of hydrogen-bond acceptors (Lipinski definition) is 4. The third-order valence-corrected chi connectivity index (χ3v) is 6.46. The van der Waals surface area contributed by atoms with Crippen molar-refractivity contribution in [3.05, 3.63) is 101 Å². The van der Waals surface area contributed by atoms with Crippen LogP contribution < -0.4 is 10.2 Å². The topological polar surface area (TPSA) is 66.2 Å². The molecule has 33 heavy (non-hydrogen) atoms. The molecule has 1 saturated heterocycles. The van der Waals surface area contributed by atoms with E-state index in [0.717, 1.165) is 39.7 Å². The summed E-state index contributed by atoms with van der Waals surface area (Å²) in [4.78, 5) is 11.4. The number of aromatic hydroxyl groups is 1. The number of phenols is 1. The largest absolute Gasteiger partial charge is 0.508 e. The van der Waals surface area contributed by atoms with Crippen LogP contribution in [-0.2, 0) is 0 Å². The van der Waals surface area contributed by atoms with Gasteiger partial charge in [-0.15, -0.1) is 0 Å². The fourth-order valence-electron chi connectivity index (χ4n) is 4.64. The third kappa shape index (κ3) is 3.74. The average molecular weight is 456 g/mol. The molecule has 166 valence electrons. The fourth-order valence-corrected chi connectivity index (χ4v) is 4.99. The van der Waals surface area contributed by atoms with Gasteiger partial charge in [0.05, 0.1) is 17.8 Å². The van der Waals surface area contributed by atoms with E-state index in [1.165, 1.54) is 0 Å². The molecule has 4 heterocycles. The Hall–Kier alpha value is -3.71. The first kappa shape index (κ1) is 21.2. The molecule has 0 aliphatic carbocycles. The first-order chi connectivity index (χ1) is 15.9. The molecule has 7 heteroatoms. The van der Waals surface area contributed by atoms with Crippen LogP contribution in [0.4, 0.5) is 5.69 Å². The van der Waals surface area contributed by atoms with Crippen LogP contribution in [0.3, 0.4) is 0 Å². The second-order valence-corrected chi connectivity index (χ2v) is 8.75. The highest BCUT2D eigenvalue weighted by Crippen LogP contribution is 2.43. The summed E-state index contributed by atoms with van der Waals surface area (Å²) in [6.45, 7) is 6.29. The number of thiocarbonyl (C=S) groups is 1. The Morgan fingerprint density at radius 1 is 0.939 bits per heavy atom. The quantitative estimate of drug-likeness (QED) is 0.419. The van der Waals surface area contributed by atoms with Crippen molar-refractivity contribution in [2.24, 2.45) is 0 Å². The van der Waals surface area contributed by atoms with Crippen molar-refractivity contribution >= 4 is 23.0 Å². The lowest BCUT2D eigenvalue weighted by atomic mass is 9.96. The first-order valence-electron chi connectivity index (χ1n) is 10.9. The van der Waals surface area contributed by atoms with Crippen LogP contribution in [0.5, 0.6) is 5.75 Å². The van der Waals surface area contributed by atoms with E-state index in [4.69, 9.17) is 12.2 Å². The molecule has 2 unspecified atom stereocenters. The summed E-state index contributed by atoms with van der Waals surface area (Å²) in [6, 6.07) is 19.1. The SMILES string of the molecule is Cc1ccnc(-n2c(C)cc(C3C(c4ccccn4)NC(=S)N3c3ccc(O)cc3)c2C)c1. The smallest absolute Gasteiger partial charge is 0.174 e. The lowest BCUT2D eigenvalue weighted by Gasteiger charge is -2.28. The Kier molecular flexibility index (Phi) is 5.34. The van der Waals surface area contributed by atoms with Crippen LogP contribution in [0.15, 0.2) is 73.1 Å². The van der Waals surface area contributed by atoms with Crippen LogP contribution in [-0.4, -0.2) is 24.8 Å². The zero-order valence-corrected chi connectivity index (χ0v) is 19.5. The van der Waals surface area contributed by atoms with Gasteiger partial charge in [0.2, 0.25) is 0 Å². The molecule has 1 fully saturated rings. The number of rotatable bonds is 4. The van der Waals surface area contributed by atoms with Crippen molar-refractivity contribution in [1.82, 2.24) is 19.9 Å². The molecule has 2 N–H and O–H groups in total. The number of pyridine rings is 2. The van der Waals surface area contributed by atoms with Gasteiger partial charge in [-0.05, 0) is 98.7 Å². The normalized spacial score (nSPS) is 17.9. The van der Waals surface area contributed by atoms with Crippen molar-refractivity contribution in [2.75, 3.05) is 4.90 Å². The molecular weight excluding hydrogens is 430 g/mol. The van der Waals surface area contributed by atoms with Crippen molar-refractivity contribution < 1.29 is 5.11 Å². The number of nitrogens with zero attached hydrogens (tertiary/aromatic N) is 4. The minimum absolute atomic E-state index is 0.123. The minimum atomic E-state index is -0.132. The van der Waals surface area contributed by atoms with Gasteiger partial charge in [-0.1, -0.05) is 6.07 Å². The number of anilines is 1. The Morgan fingerprint density at radius 3 is 2.42 bits per heavy atom. The maximum atomic E-state index is 9.82. The molecule has 1 aromatic carbocycles. The Balaban J connectivity index is 1.68. The van der Waals surface area contributed by atoms with E-state index < -0.39 is 0 Å². The molecule has 4 aromatic rings. The van der Waals surface area contributed by atoms with Gasteiger partial charge in [0, 0.05) is 29.5 Å². The lowest BCUT2D eigenvalue weighted by Crippen LogP contribution is -2.29. The summed E-state index contributed by atoms with van der Waals surface area (Å²) in [6.07, 6.45) is 3.65. The molecule has 0 amide bonds. The second kappa shape index (κ2) is 8.33. The highest BCUT2D eigenvalue weighted by atomic mass is 32.1. The monoisotopic (exact) mass is 455 g/mol. The Labute approximate surface area is 198 Å². The Morgan fingerprint density at radius 2 is 1.73 bits per heavy atom. The zero-order valence-electron chi connectivity index (χ0n) is 18.7. The van der Waals surface area contributed by atoms with Gasteiger partial charge >= 0.3 is 0 Å². The number of phenolic OH excluding ortho intramolecular Hbond substituents is 1. The summed E-state index contributed by atoms with van der Waals surface area (Å²) in [5.74, 6) is 1.12. The van der Waals surface area contributed by atoms with E-state index >= 15 is 0 Å². The number of benzene rings is 1. The summed E-state index contributed by atoms with van der Waals surface area (Å²) >= 11 is 5.81. The highest BCUT2D eigenvalue weighted by molar-refractivity contribution is 7.80. The van der Waals surface area contributed by atoms with Crippen molar-refractivity contribution in [1.29, 1.82) is 0 Å². The molecular formula is C26H25N5OS. The molecule has 0 spiro atoms. The fraction of sp³-hybridized carbons (Fsp3) is 0.192. The summed E-state index contributed by atoms with van der Waals surface area (Å²) in [5, 5.41) is 13.9. The molecule has 0 bridgehead atoms. The predicted octanol–water partition coefficient (Wildman–Crippen LogP) is 5.08. The van der Waals surface area contributed by atoms with E-state index in [0.29, 0.717) is 5.11 Å². The average Bonchev–Trinajstić information content (AvgIpc) is 3.30. The van der Waals surface area contributed by atoms with Gasteiger partial charge < -0.3 is 19.9 Å². The van der Waals surface area contributed by atoms with Gasteiger partial charge in [0.15, 0.2) is 5.11 Å². The van der Waals surface area contributed by atoms with Gasteiger partial charge in [-0.3, -0.25) is 4.98 Å². The molecule has 1 aliphatic rings. The molecule has 1 aliphatic heterocycles. The molecule has 3 aromatic heterocycles. The van der Waals surface area contributed by atoms with Crippen LogP contribution in [0.1, 0.15) is 40.3 Å². The van der Waals surface area contributed by atoms with Crippen molar-refractivity contribution in [3.8, 4) is 11.6 Å². The number of aryl methyl sites for hydroxylation is 2. The zero-order chi connectivity index (χ0) is 23.1. The van der Waals surface area contributed by atoms with Crippen LogP contribution in [0, 0.1) is 20.8 Å². The van der Waals surface area contributed by atoms with E-state index in [-0.39, 0.29) is 17.8 Å². The summed E-state index contributed by atoms with van der Waals surface area (Å²) in [5.41, 5.74) is 6.34. The minimum Gasteiger partial charge on any atom is -0.508 e. The highest BCUT2D eigenvalue weighted by Gasteiger charge is 2.42. The molecule has 2 atom stereocenters. The maximum absolute atomic E-state index is 9.82. The molecule has 6 nitrogen and oxygen atoms in total. The lowest BCUT2D eigenvalue weighted by molar-refractivity contribution is 0.475. The Bertz CT molecular complexity index is 1320. The molecule has 0 radical (unpaired) electrons. The van der Waals surface area contributed by atoms with Crippen LogP contribution >= 0.6 is 12.2 Å². The number of aromatic nitrogens is 3. The van der Waals surface area contributed by atoms with E-state index in [2.05, 4.69) is 57.7 Å².